The molecule has 0 aromatic carbocycles. The summed E-state index contributed by atoms with van der Waals surface area (Å²) in [6.07, 6.45) is 8.05. The Labute approximate surface area is 130 Å². The Hall–Kier alpha value is -1.65. The average Bonchev–Trinajstić information content (AvgIpc) is 2.40. The molecule has 4 rings (SSSR count). The molecule has 1 amide bonds. The fourth-order valence-electron chi connectivity index (χ4n) is 5.10. The number of hydrogen-bond donors (Lipinski definition) is 2. The third-order valence-electron chi connectivity index (χ3n) is 5.65. The Kier molecular flexibility index (Phi) is 3.83. The molecule has 4 bridgehead atoms. The van der Waals surface area contributed by atoms with Crippen LogP contribution in [0.25, 0.3) is 0 Å². The molecule has 0 unspecified atom stereocenters. The molecule has 0 aliphatic heterocycles. The summed E-state index contributed by atoms with van der Waals surface area (Å²) >= 11 is 0. The largest absolute Gasteiger partial charge is 0.512 e. The summed E-state index contributed by atoms with van der Waals surface area (Å²) in [5, 5.41) is 13.3. The summed E-state index contributed by atoms with van der Waals surface area (Å²) in [5.74, 6) is 1.74. The highest BCUT2D eigenvalue weighted by atomic mass is 16.3. The Morgan fingerprint density at radius 1 is 1.09 bits per heavy atom. The van der Waals surface area contributed by atoms with E-state index >= 15 is 0 Å². The highest BCUT2D eigenvalue weighted by Crippen LogP contribution is 2.60. The van der Waals surface area contributed by atoms with Crippen molar-refractivity contribution < 1.29 is 14.7 Å². The van der Waals surface area contributed by atoms with Gasteiger partial charge >= 0.3 is 0 Å². The zero-order valence-corrected chi connectivity index (χ0v) is 13.3. The average molecular weight is 304 g/mol. The van der Waals surface area contributed by atoms with E-state index in [1.165, 1.54) is 39.3 Å². The molecule has 4 saturated carbocycles. The molecule has 5 heteroatoms. The maximum absolute atomic E-state index is 12.6. The van der Waals surface area contributed by atoms with Crippen molar-refractivity contribution in [2.24, 2.45) is 28.3 Å². The molecular weight excluding hydrogens is 280 g/mol. The smallest absolute Gasteiger partial charge is 0.246 e. The first-order valence-electron chi connectivity index (χ1n) is 8.14. The fraction of sp³-hybridized carbons (Fsp3) is 0.706. The summed E-state index contributed by atoms with van der Waals surface area (Å²) in [5.41, 5.74) is 2.49. The lowest BCUT2D eigenvalue weighted by Crippen LogP contribution is -2.52. The van der Waals surface area contributed by atoms with Gasteiger partial charge in [-0.25, -0.2) is 5.43 Å². The van der Waals surface area contributed by atoms with Gasteiger partial charge in [-0.2, -0.15) is 5.10 Å². The van der Waals surface area contributed by atoms with Crippen molar-refractivity contribution in [3.05, 3.63) is 11.3 Å². The van der Waals surface area contributed by atoms with E-state index in [-0.39, 0.29) is 28.4 Å². The molecule has 0 aromatic heterocycles. The molecule has 0 saturated heterocycles. The van der Waals surface area contributed by atoms with Gasteiger partial charge in [-0.1, -0.05) is 0 Å². The molecule has 0 heterocycles. The SMILES string of the molecule is CC(=O)C(/C=N/NC(=O)C12CC3CC(CC(C3)C1)C2)=C(\C)O. The second-order valence-electron chi connectivity index (χ2n) is 7.45. The second kappa shape index (κ2) is 5.52. The second-order valence-corrected chi connectivity index (χ2v) is 7.45. The highest BCUT2D eigenvalue weighted by molar-refractivity contribution is 6.12. The van der Waals surface area contributed by atoms with Gasteiger partial charge < -0.3 is 5.11 Å². The van der Waals surface area contributed by atoms with Gasteiger partial charge in [0.1, 0.15) is 5.76 Å². The van der Waals surface area contributed by atoms with Gasteiger partial charge in [0.2, 0.25) is 5.91 Å². The summed E-state index contributed by atoms with van der Waals surface area (Å²) < 4.78 is 0. The van der Waals surface area contributed by atoms with Gasteiger partial charge in [0.15, 0.2) is 5.78 Å². The van der Waals surface area contributed by atoms with Gasteiger partial charge in [-0.3, -0.25) is 9.59 Å². The van der Waals surface area contributed by atoms with Crippen molar-refractivity contribution >= 4 is 17.9 Å². The molecule has 120 valence electrons. The van der Waals surface area contributed by atoms with Gasteiger partial charge in [0.25, 0.3) is 0 Å². The molecule has 0 aromatic rings. The molecular formula is C17H24N2O3. The number of Topliss-reactive ketones (excluding diaryl/α,β-unsaturated/α-hetero) is 1. The third-order valence-corrected chi connectivity index (χ3v) is 5.65. The van der Waals surface area contributed by atoms with Crippen LogP contribution < -0.4 is 5.43 Å². The number of carbonyl (C=O) groups excluding carboxylic acids is 2. The van der Waals surface area contributed by atoms with Crippen molar-refractivity contribution in [1.82, 2.24) is 5.43 Å². The van der Waals surface area contributed by atoms with Crippen molar-refractivity contribution in [3.8, 4) is 0 Å². The number of hydrogen-bond acceptors (Lipinski definition) is 4. The Bertz CT molecular complexity index is 523. The van der Waals surface area contributed by atoms with E-state index in [0.29, 0.717) is 17.8 Å². The lowest BCUT2D eigenvalue weighted by Gasteiger charge is -2.55. The van der Waals surface area contributed by atoms with Crippen LogP contribution in [0.1, 0.15) is 52.4 Å². The Morgan fingerprint density at radius 3 is 2.00 bits per heavy atom. The molecule has 4 aliphatic carbocycles. The van der Waals surface area contributed by atoms with E-state index < -0.39 is 0 Å². The molecule has 0 radical (unpaired) electrons. The zero-order chi connectivity index (χ0) is 15.9. The minimum atomic E-state index is -0.271. The predicted molar refractivity (Wildman–Crippen MR) is 83.2 cm³/mol. The maximum atomic E-state index is 12.6. The number of aliphatic hydroxyl groups excluding tert-OH is 1. The first kappa shape index (κ1) is 15.3. The van der Waals surface area contributed by atoms with Crippen LogP contribution in [0.4, 0.5) is 0 Å². The van der Waals surface area contributed by atoms with E-state index in [0.717, 1.165) is 19.3 Å². The van der Waals surface area contributed by atoms with Crippen LogP contribution in [-0.4, -0.2) is 23.0 Å². The molecule has 22 heavy (non-hydrogen) atoms. The van der Waals surface area contributed by atoms with Gasteiger partial charge in [0.05, 0.1) is 17.2 Å². The summed E-state index contributed by atoms with van der Waals surface area (Å²) in [6, 6.07) is 0. The summed E-state index contributed by atoms with van der Waals surface area (Å²) in [7, 11) is 0. The molecule has 4 aliphatic rings. The lowest BCUT2D eigenvalue weighted by molar-refractivity contribution is -0.146. The monoisotopic (exact) mass is 304 g/mol. The summed E-state index contributed by atoms with van der Waals surface area (Å²) in [4.78, 5) is 24.0. The van der Waals surface area contributed by atoms with E-state index in [1.807, 2.05) is 0 Å². The number of rotatable bonds is 4. The van der Waals surface area contributed by atoms with Crippen LogP contribution in [0.2, 0.25) is 0 Å². The minimum Gasteiger partial charge on any atom is -0.512 e. The number of allylic oxidation sites excluding steroid dienone is 2. The molecule has 2 N–H and O–H groups in total. The number of hydrazone groups is 1. The van der Waals surface area contributed by atoms with Crippen LogP contribution in [0, 0.1) is 23.2 Å². The zero-order valence-electron chi connectivity index (χ0n) is 13.3. The normalized spacial score (nSPS) is 37.3. The topological polar surface area (TPSA) is 78.8 Å². The fourth-order valence-corrected chi connectivity index (χ4v) is 5.10. The third kappa shape index (κ3) is 2.69. The molecule has 5 nitrogen and oxygen atoms in total. The van der Waals surface area contributed by atoms with Crippen LogP contribution in [0.3, 0.4) is 0 Å². The van der Waals surface area contributed by atoms with E-state index in [9.17, 15) is 14.7 Å². The Balaban J connectivity index is 1.68. The lowest BCUT2D eigenvalue weighted by atomic mass is 9.49. The first-order chi connectivity index (χ1) is 10.4. The van der Waals surface area contributed by atoms with Crippen LogP contribution >= 0.6 is 0 Å². The number of amides is 1. The van der Waals surface area contributed by atoms with Crippen molar-refractivity contribution in [3.63, 3.8) is 0 Å². The van der Waals surface area contributed by atoms with E-state index in [4.69, 9.17) is 0 Å². The number of carbonyl (C=O) groups is 2. The molecule has 0 atom stereocenters. The summed E-state index contributed by atoms with van der Waals surface area (Å²) in [6.45, 7) is 2.80. The van der Waals surface area contributed by atoms with Gasteiger partial charge in [-0.15, -0.1) is 0 Å². The standard InChI is InChI=1S/C17H24N2O3/c1-10(20)15(11(2)21)9-18-19-16(22)17-6-12-3-13(7-17)5-14(4-12)8-17/h9,12-14,20H,3-8H2,1-2H3,(H,19,22)/b15-10+,18-9+. The van der Waals surface area contributed by atoms with E-state index in [2.05, 4.69) is 10.5 Å². The molecule has 4 fully saturated rings. The van der Waals surface area contributed by atoms with Crippen LogP contribution in [0.5, 0.6) is 0 Å². The van der Waals surface area contributed by atoms with Crippen molar-refractivity contribution in [2.45, 2.75) is 52.4 Å². The van der Waals surface area contributed by atoms with Gasteiger partial charge in [0, 0.05) is 0 Å². The van der Waals surface area contributed by atoms with Crippen molar-refractivity contribution in [2.75, 3.05) is 0 Å². The predicted octanol–water partition coefficient (Wildman–Crippen LogP) is 2.73. The van der Waals surface area contributed by atoms with Crippen LogP contribution in [-0.2, 0) is 9.59 Å². The number of nitrogens with zero attached hydrogens (tertiary/aromatic N) is 1. The molecule has 0 spiro atoms. The minimum absolute atomic E-state index is 0.0126. The van der Waals surface area contributed by atoms with E-state index in [1.54, 1.807) is 0 Å². The van der Waals surface area contributed by atoms with Crippen molar-refractivity contribution in [1.29, 1.82) is 0 Å². The van der Waals surface area contributed by atoms with Crippen LogP contribution in [0.15, 0.2) is 16.4 Å². The quantitative estimate of drug-likeness (QED) is 0.363. The first-order valence-corrected chi connectivity index (χ1v) is 8.14. The number of ketones is 1. The number of nitrogens with one attached hydrogen (secondary N) is 1. The number of aliphatic hydroxyl groups is 1. The Morgan fingerprint density at radius 2 is 1.59 bits per heavy atom. The van der Waals surface area contributed by atoms with Gasteiger partial charge in [-0.05, 0) is 70.1 Å². The highest BCUT2D eigenvalue weighted by Gasteiger charge is 2.54. The maximum Gasteiger partial charge on any atom is 0.246 e.